The molecule has 4 nitrogen and oxygen atoms in total. The second kappa shape index (κ2) is 8.63. The second-order valence-electron chi connectivity index (χ2n) is 4.76. The van der Waals surface area contributed by atoms with Crippen LogP contribution in [0.4, 0.5) is 0 Å². The zero-order valence-electron chi connectivity index (χ0n) is 12.5. The third-order valence-corrected chi connectivity index (χ3v) is 3.52. The summed E-state index contributed by atoms with van der Waals surface area (Å²) in [4.78, 5) is 0. The maximum Gasteiger partial charge on any atom is 0.162 e. The van der Waals surface area contributed by atoms with Crippen LogP contribution in [0.2, 0.25) is 5.02 Å². The van der Waals surface area contributed by atoms with E-state index in [9.17, 15) is 0 Å². The van der Waals surface area contributed by atoms with Gasteiger partial charge in [-0.15, -0.1) is 0 Å². The molecule has 0 bridgehead atoms. The van der Waals surface area contributed by atoms with E-state index in [1.54, 1.807) is 13.2 Å². The van der Waals surface area contributed by atoms with Crippen LogP contribution in [-0.4, -0.2) is 25.4 Å². The Hall–Kier alpha value is -1.75. The van der Waals surface area contributed by atoms with Crippen molar-refractivity contribution in [3.05, 3.63) is 58.6 Å². The van der Waals surface area contributed by atoms with Gasteiger partial charge in [0.2, 0.25) is 0 Å². The Morgan fingerprint density at radius 2 is 1.86 bits per heavy atom. The van der Waals surface area contributed by atoms with Crippen molar-refractivity contribution >= 4 is 11.6 Å². The monoisotopic (exact) mass is 321 g/mol. The van der Waals surface area contributed by atoms with E-state index in [1.165, 1.54) is 5.56 Å². The van der Waals surface area contributed by atoms with Gasteiger partial charge in [0.05, 0.1) is 13.7 Å². The minimum Gasteiger partial charge on any atom is -0.493 e. The Morgan fingerprint density at radius 3 is 2.55 bits per heavy atom. The Balaban J connectivity index is 2.01. The molecule has 2 rings (SSSR count). The zero-order chi connectivity index (χ0) is 15.8. The largest absolute Gasteiger partial charge is 0.493 e. The van der Waals surface area contributed by atoms with Crippen molar-refractivity contribution < 1.29 is 14.6 Å². The highest BCUT2D eigenvalue weighted by Crippen LogP contribution is 2.33. The summed E-state index contributed by atoms with van der Waals surface area (Å²) in [7, 11) is 1.58. The van der Waals surface area contributed by atoms with Crippen LogP contribution in [0.15, 0.2) is 42.5 Å². The van der Waals surface area contributed by atoms with Crippen LogP contribution < -0.4 is 14.8 Å². The van der Waals surface area contributed by atoms with Gasteiger partial charge in [-0.05, 0) is 17.2 Å². The molecule has 2 N–H and O–H groups in total. The number of ether oxygens (including phenoxy) is 2. The molecular weight excluding hydrogens is 302 g/mol. The van der Waals surface area contributed by atoms with Crippen molar-refractivity contribution in [1.82, 2.24) is 5.32 Å². The lowest BCUT2D eigenvalue weighted by atomic mass is 10.2. The molecule has 118 valence electrons. The third-order valence-electron chi connectivity index (χ3n) is 3.17. The first kappa shape index (κ1) is 16.6. The summed E-state index contributed by atoms with van der Waals surface area (Å²) < 4.78 is 10.7. The molecule has 5 heteroatoms. The summed E-state index contributed by atoms with van der Waals surface area (Å²) in [5, 5.41) is 12.8. The standard InChI is InChI=1S/C17H20ClNO3/c1-21-16-9-14(15(18)10-17(16)22-8-7-20)12-19-11-13-5-3-2-4-6-13/h2-6,9-10,19-20H,7-8,11-12H2,1H3. The first-order valence-electron chi connectivity index (χ1n) is 7.09. The molecule has 0 unspecified atom stereocenters. The average molecular weight is 322 g/mol. The average Bonchev–Trinajstić information content (AvgIpc) is 2.55. The van der Waals surface area contributed by atoms with Crippen molar-refractivity contribution in [2.24, 2.45) is 0 Å². The molecule has 0 amide bonds. The van der Waals surface area contributed by atoms with E-state index in [0.717, 1.165) is 12.1 Å². The van der Waals surface area contributed by atoms with Gasteiger partial charge in [-0.1, -0.05) is 41.9 Å². The topological polar surface area (TPSA) is 50.7 Å². The number of hydrogen-bond acceptors (Lipinski definition) is 4. The predicted octanol–water partition coefficient (Wildman–Crippen LogP) is 3.01. The molecule has 0 atom stereocenters. The van der Waals surface area contributed by atoms with Crippen LogP contribution in [0.5, 0.6) is 11.5 Å². The molecule has 0 radical (unpaired) electrons. The summed E-state index contributed by atoms with van der Waals surface area (Å²) in [5.74, 6) is 1.14. The van der Waals surface area contributed by atoms with E-state index in [4.69, 9.17) is 26.2 Å². The number of aliphatic hydroxyl groups excluding tert-OH is 1. The lowest BCUT2D eigenvalue weighted by Crippen LogP contribution is -2.13. The normalized spacial score (nSPS) is 10.5. The first-order valence-corrected chi connectivity index (χ1v) is 7.47. The zero-order valence-corrected chi connectivity index (χ0v) is 13.3. The van der Waals surface area contributed by atoms with E-state index < -0.39 is 0 Å². The maximum atomic E-state index is 8.83. The van der Waals surface area contributed by atoms with Crippen molar-refractivity contribution in [3.63, 3.8) is 0 Å². The number of aliphatic hydroxyl groups is 1. The smallest absolute Gasteiger partial charge is 0.162 e. The predicted molar refractivity (Wildman–Crippen MR) is 87.6 cm³/mol. The lowest BCUT2D eigenvalue weighted by molar-refractivity contribution is 0.196. The fraction of sp³-hybridized carbons (Fsp3) is 0.294. The molecule has 22 heavy (non-hydrogen) atoms. The summed E-state index contributed by atoms with van der Waals surface area (Å²) in [6.45, 7) is 1.55. The van der Waals surface area contributed by atoms with Gasteiger partial charge in [-0.3, -0.25) is 0 Å². The molecule has 0 saturated heterocycles. The van der Waals surface area contributed by atoms with E-state index in [0.29, 0.717) is 23.1 Å². The number of methoxy groups -OCH3 is 1. The van der Waals surface area contributed by atoms with Gasteiger partial charge >= 0.3 is 0 Å². The molecule has 0 aliphatic carbocycles. The van der Waals surface area contributed by atoms with Crippen molar-refractivity contribution in [3.8, 4) is 11.5 Å². The van der Waals surface area contributed by atoms with Crippen LogP contribution in [0, 0.1) is 0 Å². The molecule has 0 aliphatic heterocycles. The summed E-state index contributed by atoms with van der Waals surface area (Å²) in [6.07, 6.45) is 0. The highest BCUT2D eigenvalue weighted by molar-refractivity contribution is 6.31. The summed E-state index contributed by atoms with van der Waals surface area (Å²) in [6, 6.07) is 13.7. The van der Waals surface area contributed by atoms with Gasteiger partial charge in [0, 0.05) is 24.2 Å². The quantitative estimate of drug-likeness (QED) is 0.784. The third kappa shape index (κ3) is 4.63. The highest BCUT2D eigenvalue weighted by atomic mass is 35.5. The maximum absolute atomic E-state index is 8.83. The molecule has 0 aliphatic rings. The Labute approximate surface area is 135 Å². The Kier molecular flexibility index (Phi) is 6.52. The number of hydrogen-bond donors (Lipinski definition) is 2. The van der Waals surface area contributed by atoms with Gasteiger partial charge in [0.15, 0.2) is 11.5 Å². The number of halogens is 1. The molecular formula is C17H20ClNO3. The lowest BCUT2D eigenvalue weighted by Gasteiger charge is -2.14. The molecule has 2 aromatic carbocycles. The fourth-order valence-corrected chi connectivity index (χ4v) is 2.30. The SMILES string of the molecule is COc1cc(CNCc2ccccc2)c(Cl)cc1OCCO. The number of nitrogens with one attached hydrogen (secondary N) is 1. The van der Waals surface area contributed by atoms with Crippen LogP contribution in [0.25, 0.3) is 0 Å². The van der Waals surface area contributed by atoms with Gasteiger partial charge < -0.3 is 19.9 Å². The summed E-state index contributed by atoms with van der Waals surface area (Å²) in [5.41, 5.74) is 2.15. The Morgan fingerprint density at radius 1 is 1.09 bits per heavy atom. The molecule has 0 heterocycles. The minimum absolute atomic E-state index is 0.0544. The van der Waals surface area contributed by atoms with E-state index >= 15 is 0 Å². The molecule has 2 aromatic rings. The van der Waals surface area contributed by atoms with Crippen LogP contribution in [0.3, 0.4) is 0 Å². The molecule has 0 fully saturated rings. The van der Waals surface area contributed by atoms with Crippen LogP contribution >= 0.6 is 11.6 Å². The minimum atomic E-state index is -0.0544. The molecule has 0 aromatic heterocycles. The van der Waals surface area contributed by atoms with E-state index in [1.807, 2.05) is 24.3 Å². The fourth-order valence-electron chi connectivity index (χ4n) is 2.08. The first-order chi connectivity index (χ1) is 10.7. The van der Waals surface area contributed by atoms with Crippen LogP contribution in [0.1, 0.15) is 11.1 Å². The number of rotatable bonds is 8. The second-order valence-corrected chi connectivity index (χ2v) is 5.16. The summed E-state index contributed by atoms with van der Waals surface area (Å²) >= 11 is 6.28. The van der Waals surface area contributed by atoms with E-state index in [-0.39, 0.29) is 13.2 Å². The Bertz CT molecular complexity index is 590. The van der Waals surface area contributed by atoms with Gasteiger partial charge in [-0.2, -0.15) is 0 Å². The van der Waals surface area contributed by atoms with Gasteiger partial charge in [0.25, 0.3) is 0 Å². The highest BCUT2D eigenvalue weighted by Gasteiger charge is 2.10. The van der Waals surface area contributed by atoms with Crippen molar-refractivity contribution in [1.29, 1.82) is 0 Å². The molecule has 0 saturated carbocycles. The van der Waals surface area contributed by atoms with Crippen molar-refractivity contribution in [2.75, 3.05) is 20.3 Å². The van der Waals surface area contributed by atoms with Crippen LogP contribution in [-0.2, 0) is 13.1 Å². The molecule has 0 spiro atoms. The number of benzene rings is 2. The van der Waals surface area contributed by atoms with Gasteiger partial charge in [-0.25, -0.2) is 0 Å². The van der Waals surface area contributed by atoms with Crippen molar-refractivity contribution in [2.45, 2.75) is 13.1 Å². The van der Waals surface area contributed by atoms with Gasteiger partial charge in [0.1, 0.15) is 6.61 Å². The van der Waals surface area contributed by atoms with E-state index in [2.05, 4.69) is 17.4 Å².